The zero-order chi connectivity index (χ0) is 18.3. The molecule has 0 aromatic carbocycles. The van der Waals surface area contributed by atoms with E-state index in [0.717, 1.165) is 17.2 Å². The fourth-order valence-electron chi connectivity index (χ4n) is 1.69. The summed E-state index contributed by atoms with van der Waals surface area (Å²) in [6, 6.07) is 2.26. The van der Waals surface area contributed by atoms with Crippen molar-refractivity contribution in [3.8, 4) is 5.88 Å². The van der Waals surface area contributed by atoms with Crippen LogP contribution in [0.1, 0.15) is 23.7 Å². The molecule has 10 heteroatoms. The van der Waals surface area contributed by atoms with Gasteiger partial charge in [0.15, 0.2) is 6.61 Å². The molecule has 0 fully saturated rings. The summed E-state index contributed by atoms with van der Waals surface area (Å²) in [6.45, 7) is -0.0675. The Kier molecular flexibility index (Phi) is 6.93. The molecule has 0 atom stereocenters. The van der Waals surface area contributed by atoms with Crippen molar-refractivity contribution < 1.29 is 37.0 Å². The average molecular weight is 352 g/mol. The van der Waals surface area contributed by atoms with Crippen molar-refractivity contribution in [2.75, 3.05) is 19.7 Å². The third kappa shape index (κ3) is 5.67. The van der Waals surface area contributed by atoms with Crippen molar-refractivity contribution in [2.24, 2.45) is 0 Å². The van der Waals surface area contributed by atoms with Crippen molar-refractivity contribution in [2.45, 2.75) is 25.7 Å². The smallest absolute Gasteiger partial charge is 0.340 e. The van der Waals surface area contributed by atoms with Crippen molar-refractivity contribution in [1.29, 1.82) is 0 Å². The zero-order valence-corrected chi connectivity index (χ0v) is 12.7. The summed E-state index contributed by atoms with van der Waals surface area (Å²) in [5.41, 5.74) is 0.0256. The predicted molar refractivity (Wildman–Crippen MR) is 74.5 cm³/mol. The number of amides is 1. The van der Waals surface area contributed by atoms with Crippen LogP contribution in [-0.4, -0.2) is 58.9 Å². The zero-order valence-electron chi connectivity index (χ0n) is 12.7. The van der Waals surface area contributed by atoms with E-state index in [1.165, 1.54) is 6.07 Å². The van der Waals surface area contributed by atoms with E-state index in [4.69, 9.17) is 5.11 Å². The normalized spacial score (nSPS) is 11.4. The van der Waals surface area contributed by atoms with E-state index >= 15 is 0 Å². The first-order chi connectivity index (χ1) is 11.2. The standard InChI is InChI=1S/C14H16F4N2O4/c1-2-5-20(7-11(21)22)12(23)9-3-4-10(19-6-9)24-8-14(17,18)13(15)16/h3-4,6,13H,2,5,7-8H2,1H3,(H,21,22). The number of ether oxygens (including phenoxy) is 1. The Bertz CT molecular complexity index is 566. The highest BCUT2D eigenvalue weighted by molar-refractivity contribution is 5.95. The number of rotatable bonds is 9. The van der Waals surface area contributed by atoms with Gasteiger partial charge in [0.05, 0.1) is 5.56 Å². The molecule has 1 amide bonds. The number of nitrogens with zero attached hydrogens (tertiary/aromatic N) is 2. The Hall–Kier alpha value is -2.39. The maximum Gasteiger partial charge on any atom is 0.340 e. The van der Waals surface area contributed by atoms with Crippen LogP contribution in [0.2, 0.25) is 0 Å². The molecule has 1 aromatic rings. The Morgan fingerprint density at radius 2 is 2.04 bits per heavy atom. The van der Waals surface area contributed by atoms with E-state index in [1.807, 2.05) is 0 Å². The summed E-state index contributed by atoms with van der Waals surface area (Å²) < 4.78 is 53.9. The van der Waals surface area contributed by atoms with Crippen LogP contribution in [-0.2, 0) is 4.79 Å². The number of hydrogen-bond donors (Lipinski definition) is 1. The van der Waals surface area contributed by atoms with Crippen molar-refractivity contribution in [3.05, 3.63) is 23.9 Å². The lowest BCUT2D eigenvalue weighted by atomic mass is 10.2. The molecule has 0 aliphatic heterocycles. The number of hydrogen-bond acceptors (Lipinski definition) is 4. The molecule has 0 spiro atoms. The van der Waals surface area contributed by atoms with Crippen LogP contribution in [0, 0.1) is 0 Å². The first-order valence-corrected chi connectivity index (χ1v) is 6.93. The molecule has 1 aromatic heterocycles. The van der Waals surface area contributed by atoms with Gasteiger partial charge in [0, 0.05) is 18.8 Å². The van der Waals surface area contributed by atoms with Crippen LogP contribution in [0.3, 0.4) is 0 Å². The van der Waals surface area contributed by atoms with Crippen LogP contribution in [0.5, 0.6) is 5.88 Å². The number of pyridine rings is 1. The van der Waals surface area contributed by atoms with Crippen molar-refractivity contribution >= 4 is 11.9 Å². The third-order valence-electron chi connectivity index (χ3n) is 2.82. The van der Waals surface area contributed by atoms with Crippen LogP contribution in [0.15, 0.2) is 18.3 Å². The number of carbonyl (C=O) groups is 2. The highest BCUT2D eigenvalue weighted by Crippen LogP contribution is 2.23. The summed E-state index contributed by atoms with van der Waals surface area (Å²) >= 11 is 0. The van der Waals surface area contributed by atoms with Gasteiger partial charge in [0.2, 0.25) is 5.88 Å². The number of carboxylic acid groups (broad SMARTS) is 1. The number of carbonyl (C=O) groups excluding carboxylic acids is 1. The fourth-order valence-corrected chi connectivity index (χ4v) is 1.69. The largest absolute Gasteiger partial charge is 0.480 e. The minimum atomic E-state index is -4.31. The van der Waals surface area contributed by atoms with E-state index in [1.54, 1.807) is 6.92 Å². The number of aliphatic carboxylic acids is 1. The Morgan fingerprint density at radius 1 is 1.38 bits per heavy atom. The van der Waals surface area contributed by atoms with Crippen LogP contribution in [0.4, 0.5) is 17.6 Å². The molecule has 134 valence electrons. The Morgan fingerprint density at radius 3 is 2.50 bits per heavy atom. The van der Waals surface area contributed by atoms with Gasteiger partial charge >= 0.3 is 18.3 Å². The molecule has 0 bridgehead atoms. The second kappa shape index (κ2) is 8.46. The maximum atomic E-state index is 12.7. The van der Waals surface area contributed by atoms with E-state index in [9.17, 15) is 27.2 Å². The minimum absolute atomic E-state index is 0.0256. The number of aromatic nitrogens is 1. The van der Waals surface area contributed by atoms with Crippen LogP contribution >= 0.6 is 0 Å². The molecule has 24 heavy (non-hydrogen) atoms. The molecule has 0 aliphatic rings. The number of carboxylic acids is 1. The van der Waals surface area contributed by atoms with E-state index in [2.05, 4.69) is 9.72 Å². The molecular formula is C14H16F4N2O4. The van der Waals surface area contributed by atoms with E-state index < -0.39 is 37.4 Å². The number of halogens is 4. The predicted octanol–water partition coefficient (Wildman–Crippen LogP) is 2.30. The molecule has 0 saturated carbocycles. The number of alkyl halides is 4. The fraction of sp³-hybridized carbons (Fsp3) is 0.500. The molecule has 1 heterocycles. The highest BCUT2D eigenvalue weighted by atomic mass is 19.3. The first kappa shape index (κ1) is 19.7. The van der Waals surface area contributed by atoms with Gasteiger partial charge in [-0.05, 0) is 12.5 Å². The van der Waals surface area contributed by atoms with Gasteiger partial charge in [-0.2, -0.15) is 8.78 Å². The Labute approximate surface area is 135 Å². The van der Waals surface area contributed by atoms with Gasteiger partial charge in [0.1, 0.15) is 6.54 Å². The molecule has 1 rings (SSSR count). The summed E-state index contributed by atoms with van der Waals surface area (Å²) in [4.78, 5) is 27.6. The van der Waals surface area contributed by atoms with Crippen molar-refractivity contribution in [1.82, 2.24) is 9.88 Å². The van der Waals surface area contributed by atoms with Gasteiger partial charge in [0.25, 0.3) is 5.91 Å². The molecule has 0 aliphatic carbocycles. The first-order valence-electron chi connectivity index (χ1n) is 6.93. The quantitative estimate of drug-likeness (QED) is 0.690. The molecule has 0 radical (unpaired) electrons. The molecule has 1 N–H and O–H groups in total. The van der Waals surface area contributed by atoms with Gasteiger partial charge in [-0.1, -0.05) is 6.92 Å². The summed E-state index contributed by atoms with van der Waals surface area (Å²) in [6.07, 6.45) is -2.32. The lowest BCUT2D eigenvalue weighted by Crippen LogP contribution is -2.36. The lowest BCUT2D eigenvalue weighted by molar-refractivity contribution is -0.148. The second-order valence-electron chi connectivity index (χ2n) is 4.86. The van der Waals surface area contributed by atoms with E-state index in [0.29, 0.717) is 6.42 Å². The second-order valence-corrected chi connectivity index (χ2v) is 4.86. The summed E-state index contributed by atoms with van der Waals surface area (Å²) in [5, 5.41) is 8.78. The van der Waals surface area contributed by atoms with Crippen LogP contribution < -0.4 is 4.74 Å². The SMILES string of the molecule is CCCN(CC(=O)O)C(=O)c1ccc(OCC(F)(F)C(F)F)nc1. The third-order valence-corrected chi connectivity index (χ3v) is 2.82. The molecular weight excluding hydrogens is 336 g/mol. The van der Waals surface area contributed by atoms with Gasteiger partial charge in [-0.15, -0.1) is 0 Å². The minimum Gasteiger partial charge on any atom is -0.480 e. The molecule has 6 nitrogen and oxygen atoms in total. The van der Waals surface area contributed by atoms with Crippen LogP contribution in [0.25, 0.3) is 0 Å². The van der Waals surface area contributed by atoms with E-state index in [-0.39, 0.29) is 18.0 Å². The molecule has 0 saturated heterocycles. The summed E-state index contributed by atoms with van der Waals surface area (Å²) in [5.74, 6) is -6.45. The monoisotopic (exact) mass is 352 g/mol. The lowest BCUT2D eigenvalue weighted by Gasteiger charge is -2.20. The van der Waals surface area contributed by atoms with Crippen molar-refractivity contribution in [3.63, 3.8) is 0 Å². The Balaban J connectivity index is 2.75. The average Bonchev–Trinajstić information content (AvgIpc) is 2.52. The van der Waals surface area contributed by atoms with Gasteiger partial charge < -0.3 is 14.7 Å². The summed E-state index contributed by atoms with van der Waals surface area (Å²) in [7, 11) is 0. The van der Waals surface area contributed by atoms with Gasteiger partial charge in [-0.3, -0.25) is 9.59 Å². The maximum absolute atomic E-state index is 12.7. The topological polar surface area (TPSA) is 79.7 Å². The molecule has 0 unspecified atom stereocenters. The highest BCUT2D eigenvalue weighted by Gasteiger charge is 2.41. The van der Waals surface area contributed by atoms with Gasteiger partial charge in [-0.25, -0.2) is 13.8 Å².